The standard InChI is InChI=1S/C13H26.C9H18.C8H6F10.C8H13F3.C8H20Si.C5H12.C4H10.2C3H8/c1-10-12(4,5)8-11(2,3)9-13(10,6)7;1-8-4-6-9(2,3)7-5-8;1-3(9)4(2,10)6(13,14)8(17,18)7(15,16)5(3,11)12;1-6-2-4-7(5-3-6)8(9,10)11;1-5-9(6-2,7-3)8-4;1-5(2,3)4;1-3-4-2;2*1-3-2/h10H,8-9H2,1-7H3;8H,4-7H2,1-3H3;1-2H3;6-7H,2-5H2,1H3;5-8H2,1-4H3;1-4H3;3-4H2,1-2H3;2*3H2,1-2H3/i;;;;;;;3D2;. The second-order valence-corrected chi connectivity index (χ2v) is 33.3. The van der Waals surface area contributed by atoms with Crippen molar-refractivity contribution in [3.63, 3.8) is 0 Å². The van der Waals surface area contributed by atoms with Gasteiger partial charge in [0.2, 0.25) is 11.3 Å². The van der Waals surface area contributed by atoms with Crippen molar-refractivity contribution in [1.29, 1.82) is 0 Å². The van der Waals surface area contributed by atoms with Crippen LogP contribution in [-0.2, 0) is 0 Å². The minimum Gasteiger partial charge on any atom is -0.233 e. The monoisotopic (exact) mass is 1130 g/mol. The third kappa shape index (κ3) is 26.6. The molecule has 4 aliphatic rings. The lowest BCUT2D eigenvalue weighted by molar-refractivity contribution is -0.458. The number of alkyl halides is 13. The normalized spacial score (nSPS) is 28.3. The molecule has 2 unspecified atom stereocenters. The highest BCUT2D eigenvalue weighted by molar-refractivity contribution is 6.79. The second-order valence-electron chi connectivity index (χ2n) is 27.5. The molecule has 4 aliphatic carbocycles. The van der Waals surface area contributed by atoms with Crippen LogP contribution >= 0.6 is 0 Å². The number of hydrogen-bond donors (Lipinski definition) is 0. The van der Waals surface area contributed by atoms with Gasteiger partial charge in [-0.3, -0.25) is 0 Å². The molecule has 2 atom stereocenters. The highest BCUT2D eigenvalue weighted by Gasteiger charge is 2.97. The molecule has 0 aromatic rings. The maximum absolute atomic E-state index is 13.3. The zero-order chi connectivity index (χ0) is 63.3. The van der Waals surface area contributed by atoms with Crippen molar-refractivity contribution in [1.82, 2.24) is 0 Å². The van der Waals surface area contributed by atoms with Gasteiger partial charge in [-0.2, -0.15) is 48.3 Å². The average Bonchev–Trinajstić information content (AvgIpc) is 3.23. The smallest absolute Gasteiger partial charge is 0.233 e. The summed E-state index contributed by atoms with van der Waals surface area (Å²) in [6, 6.07) is 5.93. The van der Waals surface area contributed by atoms with Crippen LogP contribution in [-0.4, -0.2) is 49.3 Å². The Bertz CT molecular complexity index is 1340. The molecular weight excluding hydrogens is 1010 g/mol. The summed E-state index contributed by atoms with van der Waals surface area (Å²) in [5, 5.41) is 0. The third-order valence-electron chi connectivity index (χ3n) is 16.1. The van der Waals surface area contributed by atoms with Gasteiger partial charge in [-0.25, -0.2) is 8.78 Å². The van der Waals surface area contributed by atoms with Crippen LogP contribution in [0.25, 0.3) is 0 Å². The van der Waals surface area contributed by atoms with Crippen molar-refractivity contribution in [3.05, 3.63) is 0 Å². The van der Waals surface area contributed by atoms with E-state index in [0.29, 0.717) is 45.8 Å². The quantitative estimate of drug-likeness (QED) is 0.190. The summed E-state index contributed by atoms with van der Waals surface area (Å²) >= 11 is 0. The SMILES string of the molecule is CC(C)(C)C.CC1(F)C(C)(F)C(F)(F)C(F)(F)C(F)(F)C1(F)F.CC1C(C)(C)CC(C)(C)CC1(C)C.CC1CCC(C(F)(F)F)CC1.CC1CCC(C)(C)CC1.CCC.CCCC.CC[Si](CC)(CC)CC.[2H]C([2H])(C)C. The van der Waals surface area contributed by atoms with Crippen LogP contribution in [0.3, 0.4) is 0 Å². The van der Waals surface area contributed by atoms with E-state index >= 15 is 0 Å². The molecule has 0 aliphatic heterocycles. The fourth-order valence-electron chi connectivity index (χ4n) is 10.1. The van der Waals surface area contributed by atoms with Crippen molar-refractivity contribution < 1.29 is 59.8 Å². The number of unbranched alkanes of at least 4 members (excludes halogenated alkanes) is 1. The van der Waals surface area contributed by atoms with E-state index in [1.807, 2.05) is 6.92 Å². The highest BCUT2D eigenvalue weighted by atomic mass is 28.3. The fraction of sp³-hybridized carbons (Fsp3) is 1.00. The Morgan fingerprint density at radius 2 is 0.680 bits per heavy atom. The summed E-state index contributed by atoms with van der Waals surface area (Å²) < 4.78 is 179. The fourth-order valence-corrected chi connectivity index (χ4v) is 13.1. The molecule has 14 heteroatoms. The van der Waals surface area contributed by atoms with E-state index in [-0.39, 0.29) is 0 Å². The number of rotatable bonds is 5. The second kappa shape index (κ2) is 33.3. The molecule has 460 valence electrons. The Morgan fingerprint density at radius 1 is 0.440 bits per heavy atom. The Morgan fingerprint density at radius 3 is 0.867 bits per heavy atom. The van der Waals surface area contributed by atoms with E-state index in [0.717, 1.165) is 24.7 Å². The van der Waals surface area contributed by atoms with E-state index in [9.17, 15) is 57.1 Å². The summed E-state index contributed by atoms with van der Waals surface area (Å²) in [5.41, 5.74) is -7.67. The van der Waals surface area contributed by atoms with E-state index < -0.39 is 75.4 Å². The lowest BCUT2D eigenvalue weighted by Gasteiger charge is -2.54. The molecule has 0 spiro atoms. The zero-order valence-electron chi connectivity index (χ0n) is 55.2. The van der Waals surface area contributed by atoms with Gasteiger partial charge in [-0.05, 0) is 97.2 Å². The van der Waals surface area contributed by atoms with Gasteiger partial charge < -0.3 is 0 Å². The number of hydrogen-bond acceptors (Lipinski definition) is 0. The van der Waals surface area contributed by atoms with Gasteiger partial charge >= 0.3 is 29.9 Å². The van der Waals surface area contributed by atoms with Gasteiger partial charge in [0.15, 0.2) is 0 Å². The summed E-state index contributed by atoms with van der Waals surface area (Å²) in [4.78, 5) is 0. The van der Waals surface area contributed by atoms with Crippen molar-refractivity contribution >= 4 is 8.07 Å². The van der Waals surface area contributed by atoms with Crippen LogP contribution in [0, 0.1) is 50.7 Å². The molecule has 0 heterocycles. The molecule has 0 aromatic carbocycles. The highest BCUT2D eigenvalue weighted by Crippen LogP contribution is 2.68. The topological polar surface area (TPSA) is 0 Å². The first kappa shape index (κ1) is 78.5. The lowest BCUT2D eigenvalue weighted by atomic mass is 9.51. The van der Waals surface area contributed by atoms with Crippen LogP contribution < -0.4 is 0 Å². The van der Waals surface area contributed by atoms with Crippen molar-refractivity contribution in [2.75, 3.05) is 0 Å². The maximum atomic E-state index is 13.3. The van der Waals surface area contributed by atoms with Crippen molar-refractivity contribution in [2.45, 2.75) is 342 Å². The molecule has 4 rings (SSSR count). The van der Waals surface area contributed by atoms with Gasteiger partial charge in [0.25, 0.3) is 0 Å². The van der Waals surface area contributed by atoms with Crippen LogP contribution in [0.1, 0.15) is 280 Å². The molecule has 0 amide bonds. The van der Waals surface area contributed by atoms with E-state index in [1.54, 1.807) is 0 Å². The first-order valence-electron chi connectivity index (χ1n) is 29.7. The Labute approximate surface area is 459 Å². The molecule has 4 fully saturated rings. The first-order chi connectivity index (χ1) is 33.7. The average molecular weight is 1130 g/mol. The predicted molar refractivity (Wildman–Crippen MR) is 302 cm³/mol. The molecule has 0 bridgehead atoms. The summed E-state index contributed by atoms with van der Waals surface area (Å²) in [7, 11) is -0.691. The van der Waals surface area contributed by atoms with Gasteiger partial charge in [0.1, 0.15) is 0 Å². The Hall–Kier alpha value is -0.693. The molecule has 0 aromatic heterocycles. The predicted octanol–water partition coefficient (Wildman–Crippen LogP) is 25.3. The zero-order valence-corrected chi connectivity index (χ0v) is 54.2. The van der Waals surface area contributed by atoms with Crippen LogP contribution in [0.2, 0.25) is 24.2 Å². The van der Waals surface area contributed by atoms with Crippen LogP contribution in [0.5, 0.6) is 0 Å². The molecule has 4 saturated carbocycles. The molecule has 0 nitrogen and oxygen atoms in total. The summed E-state index contributed by atoms with van der Waals surface area (Å²) in [6.45, 7) is 54.8. The number of halogens is 13. The van der Waals surface area contributed by atoms with Gasteiger partial charge in [-0.15, -0.1) is 0 Å². The minimum atomic E-state index is -6.74. The van der Waals surface area contributed by atoms with Gasteiger partial charge in [0, 0.05) is 2.74 Å². The first-order valence-corrected chi connectivity index (χ1v) is 31.5. The third-order valence-corrected chi connectivity index (χ3v) is 22.1. The molecular formula is C61H121F13Si. The molecule has 0 N–H and O–H groups in total. The van der Waals surface area contributed by atoms with E-state index in [1.165, 1.54) is 95.8 Å². The summed E-state index contributed by atoms with van der Waals surface area (Å²) in [6.07, 6.45) is 9.61. The van der Waals surface area contributed by atoms with Crippen molar-refractivity contribution in [3.8, 4) is 0 Å². The minimum absolute atomic E-state index is 0.338. The Balaban J connectivity index is -0.000000265. The van der Waals surface area contributed by atoms with Crippen molar-refractivity contribution in [2.24, 2.45) is 50.7 Å². The van der Waals surface area contributed by atoms with Gasteiger partial charge in [-0.1, -0.05) is 249 Å². The van der Waals surface area contributed by atoms with Crippen LogP contribution in [0.15, 0.2) is 0 Å². The largest absolute Gasteiger partial charge is 0.391 e. The molecule has 0 saturated heterocycles. The Kier molecular flexibility index (Phi) is 34.9. The lowest BCUT2D eigenvalue weighted by Crippen LogP contribution is -2.83. The summed E-state index contributed by atoms with van der Waals surface area (Å²) in [5.74, 6) is -24.8. The molecule has 0 radical (unpaired) electrons. The maximum Gasteiger partial charge on any atom is 0.391 e. The van der Waals surface area contributed by atoms with Gasteiger partial charge in [0.05, 0.1) is 14.0 Å². The van der Waals surface area contributed by atoms with Crippen LogP contribution in [0.4, 0.5) is 57.1 Å². The van der Waals surface area contributed by atoms with E-state index in [2.05, 4.69) is 152 Å². The van der Waals surface area contributed by atoms with E-state index in [4.69, 9.17) is 2.74 Å². The molecule has 75 heavy (non-hydrogen) atoms.